The third kappa shape index (κ3) is 2.69. The van der Waals surface area contributed by atoms with Gasteiger partial charge in [-0.15, -0.1) is 0 Å². The zero-order valence-electron chi connectivity index (χ0n) is 10.3. The first kappa shape index (κ1) is 12.6. The van der Waals surface area contributed by atoms with E-state index in [1.54, 1.807) is 6.07 Å². The second-order valence-electron chi connectivity index (χ2n) is 4.04. The van der Waals surface area contributed by atoms with Gasteiger partial charge in [-0.25, -0.2) is 0 Å². The Morgan fingerprint density at radius 3 is 2.63 bits per heavy atom. The van der Waals surface area contributed by atoms with Gasteiger partial charge in [-0.2, -0.15) is 5.26 Å². The molecule has 0 saturated heterocycles. The van der Waals surface area contributed by atoms with Crippen molar-refractivity contribution in [2.24, 2.45) is 0 Å². The molecule has 0 heterocycles. The van der Waals surface area contributed by atoms with E-state index >= 15 is 0 Å². The molecule has 2 aromatic carbocycles. The Morgan fingerprint density at radius 2 is 2.00 bits per heavy atom. The third-order valence-corrected chi connectivity index (χ3v) is 2.74. The lowest BCUT2D eigenvalue weighted by atomic mass is 10.1. The molecule has 1 N–H and O–H groups in total. The monoisotopic (exact) mass is 253 g/mol. The number of hydrogen-bond donors (Lipinski definition) is 1. The van der Waals surface area contributed by atoms with Crippen molar-refractivity contribution in [3.8, 4) is 6.07 Å². The van der Waals surface area contributed by atoms with Crippen LogP contribution < -0.4 is 5.32 Å². The van der Waals surface area contributed by atoms with E-state index in [0.29, 0.717) is 5.69 Å². The lowest BCUT2D eigenvalue weighted by Crippen LogP contribution is -1.96. The summed E-state index contributed by atoms with van der Waals surface area (Å²) in [5.41, 5.74) is 2.36. The van der Waals surface area contributed by atoms with Gasteiger partial charge in [-0.05, 0) is 30.7 Å². The van der Waals surface area contributed by atoms with Crippen molar-refractivity contribution in [2.45, 2.75) is 6.92 Å². The third-order valence-electron chi connectivity index (χ3n) is 2.74. The van der Waals surface area contributed by atoms with Gasteiger partial charge < -0.3 is 5.32 Å². The van der Waals surface area contributed by atoms with Gasteiger partial charge in [0.05, 0.1) is 4.92 Å². The minimum atomic E-state index is -0.554. The summed E-state index contributed by atoms with van der Waals surface area (Å²) in [7, 11) is 0. The Hall–Kier alpha value is -2.87. The SMILES string of the molecule is Cc1ccccc1Nc1ccc(C#N)c([N+](=O)[O-])c1. The molecule has 5 heteroatoms. The predicted molar refractivity (Wildman–Crippen MR) is 72.3 cm³/mol. The van der Waals surface area contributed by atoms with E-state index in [9.17, 15) is 10.1 Å². The maximum absolute atomic E-state index is 10.9. The minimum Gasteiger partial charge on any atom is -0.355 e. The molecule has 94 valence electrons. The molecule has 19 heavy (non-hydrogen) atoms. The molecule has 0 aliphatic rings. The van der Waals surface area contributed by atoms with Crippen molar-refractivity contribution in [3.05, 3.63) is 63.7 Å². The number of nitro benzene ring substituents is 1. The number of benzene rings is 2. The highest BCUT2D eigenvalue weighted by Crippen LogP contribution is 2.26. The fourth-order valence-corrected chi connectivity index (χ4v) is 1.72. The molecule has 0 aliphatic carbocycles. The zero-order chi connectivity index (χ0) is 13.8. The molecule has 0 radical (unpaired) electrons. The summed E-state index contributed by atoms with van der Waals surface area (Å²) in [4.78, 5) is 10.3. The Bertz CT molecular complexity index is 675. The van der Waals surface area contributed by atoms with Crippen LogP contribution in [0.1, 0.15) is 11.1 Å². The van der Waals surface area contributed by atoms with Crippen LogP contribution in [0.15, 0.2) is 42.5 Å². The average Bonchev–Trinajstić information content (AvgIpc) is 2.41. The molecule has 2 rings (SSSR count). The molecule has 5 nitrogen and oxygen atoms in total. The van der Waals surface area contributed by atoms with Gasteiger partial charge in [0, 0.05) is 17.4 Å². The molecule has 0 spiro atoms. The largest absolute Gasteiger partial charge is 0.355 e. The molecule has 0 aromatic heterocycles. The molecule has 0 unspecified atom stereocenters. The van der Waals surface area contributed by atoms with E-state index in [1.807, 2.05) is 37.3 Å². The van der Waals surface area contributed by atoms with Crippen molar-refractivity contribution in [3.63, 3.8) is 0 Å². The summed E-state index contributed by atoms with van der Waals surface area (Å²) in [6.45, 7) is 1.94. The molecular formula is C14H11N3O2. The minimum absolute atomic E-state index is 0.0559. The maximum atomic E-state index is 10.9. The van der Waals surface area contributed by atoms with Crippen LogP contribution in [-0.2, 0) is 0 Å². The van der Waals surface area contributed by atoms with Gasteiger partial charge in [-0.1, -0.05) is 18.2 Å². The van der Waals surface area contributed by atoms with Crippen LogP contribution in [0.4, 0.5) is 17.1 Å². The Morgan fingerprint density at radius 1 is 1.26 bits per heavy atom. The van der Waals surface area contributed by atoms with Crippen LogP contribution in [0.5, 0.6) is 0 Å². The van der Waals surface area contributed by atoms with Crippen LogP contribution in [0.25, 0.3) is 0 Å². The topological polar surface area (TPSA) is 79.0 Å². The van der Waals surface area contributed by atoms with Crippen LogP contribution >= 0.6 is 0 Å². The average molecular weight is 253 g/mol. The first-order valence-corrected chi connectivity index (χ1v) is 5.63. The van der Waals surface area contributed by atoms with Crippen molar-refractivity contribution < 1.29 is 4.92 Å². The summed E-state index contributed by atoms with van der Waals surface area (Å²) in [5, 5.41) is 22.8. The van der Waals surface area contributed by atoms with Gasteiger partial charge in [0.2, 0.25) is 0 Å². The molecular weight excluding hydrogens is 242 g/mol. The second-order valence-corrected chi connectivity index (χ2v) is 4.04. The zero-order valence-corrected chi connectivity index (χ0v) is 10.3. The normalized spacial score (nSPS) is 9.68. The molecule has 0 fully saturated rings. The van der Waals surface area contributed by atoms with Crippen LogP contribution in [-0.4, -0.2) is 4.92 Å². The van der Waals surface area contributed by atoms with Gasteiger partial charge in [0.25, 0.3) is 5.69 Å². The Kier molecular flexibility index (Phi) is 3.44. The lowest BCUT2D eigenvalue weighted by molar-refractivity contribution is -0.385. The molecule has 0 saturated carbocycles. The quantitative estimate of drug-likeness (QED) is 0.670. The van der Waals surface area contributed by atoms with E-state index in [0.717, 1.165) is 11.3 Å². The van der Waals surface area contributed by atoms with E-state index in [-0.39, 0.29) is 11.3 Å². The van der Waals surface area contributed by atoms with Crippen LogP contribution in [0.3, 0.4) is 0 Å². The maximum Gasteiger partial charge on any atom is 0.289 e. The number of nitro groups is 1. The molecule has 0 bridgehead atoms. The lowest BCUT2D eigenvalue weighted by Gasteiger charge is -2.09. The molecule has 0 atom stereocenters. The standard InChI is InChI=1S/C14H11N3O2/c1-10-4-2-3-5-13(10)16-12-7-6-11(9-15)14(8-12)17(18)19/h2-8,16H,1H3. The molecule has 0 aliphatic heterocycles. The first-order valence-electron chi connectivity index (χ1n) is 5.63. The van der Waals surface area contributed by atoms with Crippen molar-refractivity contribution in [2.75, 3.05) is 5.32 Å². The number of para-hydroxylation sites is 1. The fourth-order valence-electron chi connectivity index (χ4n) is 1.72. The summed E-state index contributed by atoms with van der Waals surface area (Å²) in [6.07, 6.45) is 0. The van der Waals surface area contributed by atoms with Crippen molar-refractivity contribution >= 4 is 17.1 Å². The number of aryl methyl sites for hydroxylation is 1. The van der Waals surface area contributed by atoms with Gasteiger partial charge >= 0.3 is 0 Å². The number of anilines is 2. The van der Waals surface area contributed by atoms with Crippen molar-refractivity contribution in [1.29, 1.82) is 5.26 Å². The number of nitrogens with zero attached hydrogens (tertiary/aromatic N) is 2. The Labute approximate surface area is 110 Å². The highest BCUT2D eigenvalue weighted by molar-refractivity contribution is 5.67. The molecule has 2 aromatic rings. The van der Waals surface area contributed by atoms with E-state index in [2.05, 4.69) is 5.32 Å². The van der Waals surface area contributed by atoms with Gasteiger partial charge in [0.1, 0.15) is 11.6 Å². The van der Waals surface area contributed by atoms with Crippen LogP contribution in [0, 0.1) is 28.4 Å². The summed E-state index contributed by atoms with van der Waals surface area (Å²) < 4.78 is 0. The molecule has 0 amide bonds. The fraction of sp³-hybridized carbons (Fsp3) is 0.0714. The van der Waals surface area contributed by atoms with E-state index in [1.165, 1.54) is 12.1 Å². The van der Waals surface area contributed by atoms with Gasteiger partial charge in [-0.3, -0.25) is 10.1 Å². The summed E-state index contributed by atoms with van der Waals surface area (Å²) in [6, 6.07) is 13.9. The van der Waals surface area contributed by atoms with E-state index < -0.39 is 4.92 Å². The van der Waals surface area contributed by atoms with Crippen LogP contribution in [0.2, 0.25) is 0 Å². The van der Waals surface area contributed by atoms with Gasteiger partial charge in [0.15, 0.2) is 0 Å². The number of nitriles is 1. The number of rotatable bonds is 3. The second kappa shape index (κ2) is 5.19. The van der Waals surface area contributed by atoms with E-state index in [4.69, 9.17) is 5.26 Å². The highest BCUT2D eigenvalue weighted by atomic mass is 16.6. The summed E-state index contributed by atoms with van der Waals surface area (Å²) >= 11 is 0. The Balaban J connectivity index is 2.38. The first-order chi connectivity index (χ1) is 9.11. The highest BCUT2D eigenvalue weighted by Gasteiger charge is 2.14. The smallest absolute Gasteiger partial charge is 0.289 e. The van der Waals surface area contributed by atoms with Crippen molar-refractivity contribution in [1.82, 2.24) is 0 Å². The predicted octanol–water partition coefficient (Wildman–Crippen LogP) is 3.52. The summed E-state index contributed by atoms with van der Waals surface area (Å²) in [5.74, 6) is 0. The number of nitrogens with one attached hydrogen (secondary N) is 1. The number of hydrogen-bond acceptors (Lipinski definition) is 4.